The second-order valence-electron chi connectivity index (χ2n) is 5.68. The molecule has 2 aromatic carbocycles. The van der Waals surface area contributed by atoms with Crippen LogP contribution in [0.25, 0.3) is 11.4 Å². The molecule has 0 spiro atoms. The van der Waals surface area contributed by atoms with Gasteiger partial charge in [-0.2, -0.15) is 31.3 Å². The first-order valence-electron chi connectivity index (χ1n) is 7.55. The van der Waals surface area contributed by atoms with E-state index in [1.165, 1.54) is 24.3 Å². The zero-order valence-electron chi connectivity index (χ0n) is 13.9. The van der Waals surface area contributed by atoms with E-state index in [1.807, 2.05) is 4.72 Å². The third kappa shape index (κ3) is 4.67. The molecular weight excluding hydrogens is 428 g/mol. The summed E-state index contributed by atoms with van der Waals surface area (Å²) < 4.78 is 109. The maximum Gasteiger partial charge on any atom is 0.416 e. The molecule has 0 radical (unpaired) electrons. The van der Waals surface area contributed by atoms with Crippen molar-refractivity contribution < 1.29 is 39.3 Å². The lowest BCUT2D eigenvalue weighted by Crippen LogP contribution is -2.17. The second-order valence-corrected chi connectivity index (χ2v) is 7.37. The Morgan fingerprint density at radius 2 is 1.52 bits per heavy atom. The second kappa shape index (κ2) is 7.06. The van der Waals surface area contributed by atoms with Crippen LogP contribution in [0.4, 0.5) is 32.0 Å². The molecule has 6 nitrogen and oxygen atoms in total. The van der Waals surface area contributed by atoms with E-state index < -0.39 is 38.4 Å². The van der Waals surface area contributed by atoms with E-state index in [-0.39, 0.29) is 29.7 Å². The number of sulfonamides is 1. The molecule has 1 N–H and O–H groups in total. The van der Waals surface area contributed by atoms with Crippen LogP contribution in [0.5, 0.6) is 0 Å². The Kier molecular flexibility index (Phi) is 5.03. The summed E-state index contributed by atoms with van der Waals surface area (Å²) in [5.41, 5.74) is -3.31. The predicted molar refractivity (Wildman–Crippen MR) is 87.0 cm³/mol. The van der Waals surface area contributed by atoms with Gasteiger partial charge in [0, 0.05) is 11.3 Å². The van der Waals surface area contributed by atoms with Crippen molar-refractivity contribution in [2.75, 3.05) is 4.72 Å². The SMILES string of the molecule is O=S(=O)(Nc1cccc(-c2ncon2)c1)c1cc(C(F)(F)F)cc(C(F)(F)F)c1. The fourth-order valence-electron chi connectivity index (χ4n) is 2.32. The van der Waals surface area contributed by atoms with Crippen LogP contribution in [0.1, 0.15) is 11.1 Å². The molecule has 0 aliphatic rings. The van der Waals surface area contributed by atoms with Gasteiger partial charge < -0.3 is 4.52 Å². The van der Waals surface area contributed by atoms with Crippen LogP contribution in [0.2, 0.25) is 0 Å². The Hall–Kier alpha value is -3.09. The minimum absolute atomic E-state index is 0.101. The highest BCUT2D eigenvalue weighted by Gasteiger charge is 2.38. The number of benzene rings is 2. The summed E-state index contributed by atoms with van der Waals surface area (Å²) in [6, 6.07) is 5.46. The number of nitrogens with one attached hydrogen (secondary N) is 1. The highest BCUT2D eigenvalue weighted by Crippen LogP contribution is 2.37. The zero-order valence-corrected chi connectivity index (χ0v) is 14.7. The third-order valence-electron chi connectivity index (χ3n) is 3.61. The quantitative estimate of drug-likeness (QED) is 0.605. The van der Waals surface area contributed by atoms with Crippen LogP contribution in [-0.2, 0) is 22.4 Å². The van der Waals surface area contributed by atoms with E-state index in [9.17, 15) is 34.8 Å². The lowest BCUT2D eigenvalue weighted by atomic mass is 10.1. The van der Waals surface area contributed by atoms with Gasteiger partial charge in [0.15, 0.2) is 0 Å². The number of rotatable bonds is 4. The van der Waals surface area contributed by atoms with Gasteiger partial charge in [-0.05, 0) is 30.3 Å². The Morgan fingerprint density at radius 3 is 2.03 bits per heavy atom. The molecule has 29 heavy (non-hydrogen) atoms. The van der Waals surface area contributed by atoms with Gasteiger partial charge >= 0.3 is 12.4 Å². The molecular formula is C16H9F6N3O3S. The topological polar surface area (TPSA) is 85.1 Å². The van der Waals surface area contributed by atoms with E-state index in [2.05, 4.69) is 14.7 Å². The third-order valence-corrected chi connectivity index (χ3v) is 4.97. The highest BCUT2D eigenvalue weighted by molar-refractivity contribution is 7.92. The first-order chi connectivity index (χ1) is 13.4. The molecule has 154 valence electrons. The summed E-state index contributed by atoms with van der Waals surface area (Å²) in [5.74, 6) is 0.101. The van der Waals surface area contributed by atoms with Crippen molar-refractivity contribution >= 4 is 15.7 Å². The maximum atomic E-state index is 13.0. The van der Waals surface area contributed by atoms with Gasteiger partial charge in [-0.3, -0.25) is 4.72 Å². The number of alkyl halides is 6. The molecule has 0 saturated heterocycles. The molecule has 1 aromatic heterocycles. The fraction of sp³-hybridized carbons (Fsp3) is 0.125. The summed E-state index contributed by atoms with van der Waals surface area (Å²) in [6.45, 7) is 0. The smallest absolute Gasteiger partial charge is 0.342 e. The average Bonchev–Trinajstić information content (AvgIpc) is 3.14. The minimum atomic E-state index is -5.18. The molecule has 0 unspecified atom stereocenters. The van der Waals surface area contributed by atoms with Crippen molar-refractivity contribution in [1.29, 1.82) is 0 Å². The van der Waals surface area contributed by atoms with Crippen molar-refractivity contribution in [3.63, 3.8) is 0 Å². The normalized spacial score (nSPS) is 12.8. The number of anilines is 1. The van der Waals surface area contributed by atoms with E-state index in [4.69, 9.17) is 0 Å². The van der Waals surface area contributed by atoms with Crippen molar-refractivity contribution in [2.24, 2.45) is 0 Å². The number of hydrogen-bond acceptors (Lipinski definition) is 5. The van der Waals surface area contributed by atoms with Crippen molar-refractivity contribution in [3.05, 3.63) is 60.0 Å². The zero-order chi connectivity index (χ0) is 21.4. The molecule has 1 heterocycles. The summed E-state index contributed by atoms with van der Waals surface area (Å²) in [6.07, 6.45) is -9.33. The summed E-state index contributed by atoms with van der Waals surface area (Å²) in [4.78, 5) is 2.56. The standard InChI is InChI=1S/C16H9F6N3O3S/c17-15(18,19)10-5-11(16(20,21)22)7-13(6-10)29(26,27)25-12-3-1-2-9(4-12)14-23-8-28-24-14/h1-8,25H. The van der Waals surface area contributed by atoms with Crippen LogP contribution < -0.4 is 4.72 Å². The van der Waals surface area contributed by atoms with E-state index in [0.29, 0.717) is 5.56 Å². The molecule has 0 aliphatic carbocycles. The lowest BCUT2D eigenvalue weighted by Gasteiger charge is -2.15. The molecule has 0 fully saturated rings. The lowest BCUT2D eigenvalue weighted by molar-refractivity contribution is -0.143. The Balaban J connectivity index is 2.03. The number of nitrogens with zero attached hydrogens (tertiary/aromatic N) is 2. The molecule has 0 aliphatic heterocycles. The van der Waals surface area contributed by atoms with Crippen LogP contribution in [0.3, 0.4) is 0 Å². The Labute approximate surface area is 159 Å². The Morgan fingerprint density at radius 1 is 0.897 bits per heavy atom. The fourth-order valence-corrected chi connectivity index (χ4v) is 3.43. The molecule has 0 saturated carbocycles. The molecule has 0 bridgehead atoms. The van der Waals surface area contributed by atoms with Gasteiger partial charge in [0.25, 0.3) is 10.0 Å². The van der Waals surface area contributed by atoms with Gasteiger partial charge in [-0.25, -0.2) is 8.42 Å². The summed E-state index contributed by atoms with van der Waals surface area (Å²) >= 11 is 0. The summed E-state index contributed by atoms with van der Waals surface area (Å²) in [5, 5.41) is 3.55. The van der Waals surface area contributed by atoms with Gasteiger partial charge in [-0.15, -0.1) is 0 Å². The first-order valence-corrected chi connectivity index (χ1v) is 9.04. The Bertz CT molecular complexity index is 1090. The molecule has 3 aromatic rings. The largest absolute Gasteiger partial charge is 0.416 e. The van der Waals surface area contributed by atoms with Crippen LogP contribution >= 0.6 is 0 Å². The molecule has 0 atom stereocenters. The molecule has 13 heteroatoms. The van der Waals surface area contributed by atoms with Crippen molar-refractivity contribution in [2.45, 2.75) is 17.2 Å². The number of halogens is 6. The van der Waals surface area contributed by atoms with Crippen LogP contribution in [0.15, 0.2) is 58.3 Å². The van der Waals surface area contributed by atoms with Crippen LogP contribution in [-0.4, -0.2) is 18.6 Å². The van der Waals surface area contributed by atoms with Crippen LogP contribution in [0, 0.1) is 0 Å². The summed E-state index contributed by atoms with van der Waals surface area (Å²) in [7, 11) is -4.78. The van der Waals surface area contributed by atoms with E-state index >= 15 is 0 Å². The van der Waals surface area contributed by atoms with E-state index in [1.54, 1.807) is 0 Å². The van der Waals surface area contributed by atoms with E-state index in [0.717, 1.165) is 6.39 Å². The molecule has 3 rings (SSSR count). The van der Waals surface area contributed by atoms with Gasteiger partial charge in [-0.1, -0.05) is 17.3 Å². The van der Waals surface area contributed by atoms with Gasteiger partial charge in [0.05, 0.1) is 16.0 Å². The first kappa shape index (κ1) is 20.6. The average molecular weight is 437 g/mol. The van der Waals surface area contributed by atoms with Crippen molar-refractivity contribution in [3.8, 4) is 11.4 Å². The molecule has 0 amide bonds. The predicted octanol–water partition coefficient (Wildman–Crippen LogP) is 4.58. The van der Waals surface area contributed by atoms with Crippen molar-refractivity contribution in [1.82, 2.24) is 10.1 Å². The highest BCUT2D eigenvalue weighted by atomic mass is 32.2. The minimum Gasteiger partial charge on any atom is -0.342 e. The monoisotopic (exact) mass is 437 g/mol. The maximum absolute atomic E-state index is 13.0. The van der Waals surface area contributed by atoms with Gasteiger partial charge in [0.1, 0.15) is 0 Å². The van der Waals surface area contributed by atoms with Gasteiger partial charge in [0.2, 0.25) is 12.2 Å². The number of hydrogen-bond donors (Lipinski definition) is 1. The number of aromatic nitrogens is 2.